The van der Waals surface area contributed by atoms with Gasteiger partial charge in [-0.2, -0.15) is 12.7 Å². The summed E-state index contributed by atoms with van der Waals surface area (Å²) in [6.45, 7) is 5.23. The summed E-state index contributed by atoms with van der Waals surface area (Å²) in [6.07, 6.45) is 1.84. The molecule has 1 aliphatic heterocycles. The molecule has 1 saturated heterocycles. The second-order valence-corrected chi connectivity index (χ2v) is 6.79. The summed E-state index contributed by atoms with van der Waals surface area (Å²) in [5, 5.41) is 3.33. The van der Waals surface area contributed by atoms with Crippen LogP contribution in [0.25, 0.3) is 0 Å². The van der Waals surface area contributed by atoms with Gasteiger partial charge in [-0.15, -0.1) is 0 Å². The van der Waals surface area contributed by atoms with Gasteiger partial charge in [0.25, 0.3) is 0 Å². The van der Waals surface area contributed by atoms with Crippen molar-refractivity contribution < 1.29 is 8.42 Å². The zero-order valence-electron chi connectivity index (χ0n) is 11.9. The number of nitrogens with zero attached hydrogens (tertiary/aromatic N) is 1. The molecule has 5 nitrogen and oxygen atoms in total. The third-order valence-electron chi connectivity index (χ3n) is 3.62. The summed E-state index contributed by atoms with van der Waals surface area (Å²) in [5.41, 5.74) is 0.613. The minimum Gasteiger partial charge on any atom is -0.317 e. The minimum absolute atomic E-state index is 0.582. The third kappa shape index (κ3) is 4.19. The van der Waals surface area contributed by atoms with E-state index in [0.717, 1.165) is 25.9 Å². The molecule has 0 amide bonds. The van der Waals surface area contributed by atoms with Gasteiger partial charge in [0.1, 0.15) is 0 Å². The molecule has 2 rings (SSSR count). The van der Waals surface area contributed by atoms with Crippen LogP contribution in [0.3, 0.4) is 0 Å². The molecule has 0 atom stereocenters. The van der Waals surface area contributed by atoms with Crippen molar-refractivity contribution in [1.82, 2.24) is 9.62 Å². The first-order valence-corrected chi connectivity index (χ1v) is 8.59. The average molecular weight is 297 g/mol. The number of hydrogen-bond donors (Lipinski definition) is 2. The van der Waals surface area contributed by atoms with E-state index in [1.54, 1.807) is 16.4 Å². The van der Waals surface area contributed by atoms with Gasteiger partial charge >= 0.3 is 10.2 Å². The molecule has 1 fully saturated rings. The highest BCUT2D eigenvalue weighted by molar-refractivity contribution is 7.90. The zero-order valence-corrected chi connectivity index (χ0v) is 12.7. The lowest BCUT2D eigenvalue weighted by molar-refractivity contribution is 0.269. The molecule has 0 unspecified atom stereocenters. The Labute approximate surface area is 121 Å². The largest absolute Gasteiger partial charge is 0.317 e. The number of anilines is 1. The summed E-state index contributed by atoms with van der Waals surface area (Å²) in [6, 6.07) is 9.02. The fourth-order valence-corrected chi connectivity index (χ4v) is 3.68. The maximum Gasteiger partial charge on any atom is 0.301 e. The van der Waals surface area contributed by atoms with Crippen molar-refractivity contribution in [3.05, 3.63) is 30.3 Å². The Morgan fingerprint density at radius 2 is 1.85 bits per heavy atom. The van der Waals surface area contributed by atoms with Gasteiger partial charge in [-0.05, 0) is 44.0 Å². The molecular formula is C14H23N3O2S. The Balaban J connectivity index is 1.89. The van der Waals surface area contributed by atoms with Crippen molar-refractivity contribution in [2.45, 2.75) is 19.8 Å². The summed E-state index contributed by atoms with van der Waals surface area (Å²) in [7, 11) is -3.42. The second kappa shape index (κ2) is 7.06. The van der Waals surface area contributed by atoms with Crippen LogP contribution in [-0.4, -0.2) is 38.9 Å². The topological polar surface area (TPSA) is 61.4 Å². The standard InChI is InChI=1S/C14H23N3O2S/c1-2-15-12-13-8-10-17(11-9-13)20(18,19)16-14-6-4-3-5-7-14/h3-7,13,15-16H,2,8-12H2,1H3. The first-order chi connectivity index (χ1) is 9.62. The summed E-state index contributed by atoms with van der Waals surface area (Å²) in [4.78, 5) is 0. The number of benzene rings is 1. The Morgan fingerprint density at radius 1 is 1.20 bits per heavy atom. The molecule has 0 aromatic heterocycles. The molecule has 1 heterocycles. The number of hydrogen-bond acceptors (Lipinski definition) is 3. The highest BCUT2D eigenvalue weighted by Crippen LogP contribution is 2.20. The first kappa shape index (κ1) is 15.3. The molecule has 1 aliphatic rings. The van der Waals surface area contributed by atoms with Crippen molar-refractivity contribution in [3.63, 3.8) is 0 Å². The van der Waals surface area contributed by atoms with E-state index in [0.29, 0.717) is 24.7 Å². The van der Waals surface area contributed by atoms with Crippen molar-refractivity contribution in [3.8, 4) is 0 Å². The molecule has 1 aromatic carbocycles. The second-order valence-electron chi connectivity index (χ2n) is 5.12. The third-order valence-corrected chi connectivity index (χ3v) is 5.16. The highest BCUT2D eigenvalue weighted by Gasteiger charge is 2.27. The number of para-hydroxylation sites is 1. The molecule has 0 saturated carbocycles. The number of rotatable bonds is 6. The predicted octanol–water partition coefficient (Wildman–Crippen LogP) is 1.66. The Hall–Kier alpha value is -1.11. The first-order valence-electron chi connectivity index (χ1n) is 7.15. The monoisotopic (exact) mass is 297 g/mol. The molecule has 112 valence electrons. The van der Waals surface area contributed by atoms with Crippen molar-refractivity contribution in [2.24, 2.45) is 5.92 Å². The van der Waals surface area contributed by atoms with E-state index in [9.17, 15) is 8.42 Å². The lowest BCUT2D eigenvalue weighted by Crippen LogP contribution is -2.43. The smallest absolute Gasteiger partial charge is 0.301 e. The predicted molar refractivity (Wildman–Crippen MR) is 81.8 cm³/mol. The quantitative estimate of drug-likeness (QED) is 0.839. The Morgan fingerprint density at radius 3 is 2.45 bits per heavy atom. The van der Waals surface area contributed by atoms with Crippen LogP contribution in [0.5, 0.6) is 0 Å². The van der Waals surface area contributed by atoms with Crippen LogP contribution < -0.4 is 10.0 Å². The van der Waals surface area contributed by atoms with Gasteiger partial charge in [-0.1, -0.05) is 25.1 Å². The van der Waals surface area contributed by atoms with Gasteiger partial charge in [-0.25, -0.2) is 0 Å². The van der Waals surface area contributed by atoms with Crippen LogP contribution in [-0.2, 0) is 10.2 Å². The van der Waals surface area contributed by atoms with Crippen molar-refractivity contribution >= 4 is 15.9 Å². The molecule has 0 aliphatic carbocycles. The van der Waals surface area contributed by atoms with Crippen LogP contribution in [0.4, 0.5) is 5.69 Å². The average Bonchev–Trinajstić information content (AvgIpc) is 2.46. The molecule has 6 heteroatoms. The summed E-state index contributed by atoms with van der Waals surface area (Å²) >= 11 is 0. The van der Waals surface area contributed by atoms with Crippen LogP contribution >= 0.6 is 0 Å². The Bertz CT molecular complexity index is 496. The van der Waals surface area contributed by atoms with E-state index in [4.69, 9.17) is 0 Å². The van der Waals surface area contributed by atoms with E-state index < -0.39 is 10.2 Å². The molecule has 0 bridgehead atoms. The van der Waals surface area contributed by atoms with Crippen molar-refractivity contribution in [1.29, 1.82) is 0 Å². The SMILES string of the molecule is CCNCC1CCN(S(=O)(=O)Nc2ccccc2)CC1. The molecule has 0 spiro atoms. The van der Waals surface area contributed by atoms with Crippen LogP contribution in [0, 0.1) is 5.92 Å². The zero-order chi connectivity index (χ0) is 14.4. The Kier molecular flexibility index (Phi) is 5.39. The van der Waals surface area contributed by atoms with Gasteiger partial charge in [-0.3, -0.25) is 4.72 Å². The van der Waals surface area contributed by atoms with E-state index >= 15 is 0 Å². The fraction of sp³-hybridized carbons (Fsp3) is 0.571. The van der Waals surface area contributed by atoms with Crippen molar-refractivity contribution in [2.75, 3.05) is 30.9 Å². The highest BCUT2D eigenvalue weighted by atomic mass is 32.2. The maximum absolute atomic E-state index is 12.3. The van der Waals surface area contributed by atoms with Crippen LogP contribution in [0.15, 0.2) is 30.3 Å². The lowest BCUT2D eigenvalue weighted by atomic mass is 9.98. The normalized spacial score (nSPS) is 18.1. The van der Waals surface area contributed by atoms with E-state index in [1.807, 2.05) is 18.2 Å². The summed E-state index contributed by atoms with van der Waals surface area (Å²) in [5.74, 6) is 0.582. The number of piperidine rings is 1. The minimum atomic E-state index is -3.42. The van der Waals surface area contributed by atoms with Crippen LogP contribution in [0.1, 0.15) is 19.8 Å². The molecule has 1 aromatic rings. The molecule has 2 N–H and O–H groups in total. The maximum atomic E-state index is 12.3. The molecule has 20 heavy (non-hydrogen) atoms. The van der Waals surface area contributed by atoms with Gasteiger partial charge in [0.15, 0.2) is 0 Å². The van der Waals surface area contributed by atoms with Gasteiger partial charge < -0.3 is 5.32 Å². The van der Waals surface area contributed by atoms with E-state index in [-0.39, 0.29) is 0 Å². The van der Waals surface area contributed by atoms with Gasteiger partial charge in [0, 0.05) is 18.8 Å². The van der Waals surface area contributed by atoms with Crippen LogP contribution in [0.2, 0.25) is 0 Å². The van der Waals surface area contributed by atoms with E-state index in [1.165, 1.54) is 0 Å². The summed E-state index contributed by atoms with van der Waals surface area (Å²) < 4.78 is 28.7. The van der Waals surface area contributed by atoms with Gasteiger partial charge in [0.2, 0.25) is 0 Å². The molecule has 0 radical (unpaired) electrons. The number of nitrogens with one attached hydrogen (secondary N) is 2. The van der Waals surface area contributed by atoms with Gasteiger partial charge in [0.05, 0.1) is 0 Å². The van der Waals surface area contributed by atoms with E-state index in [2.05, 4.69) is 17.0 Å². The molecular weight excluding hydrogens is 274 g/mol. The lowest BCUT2D eigenvalue weighted by Gasteiger charge is -2.31. The fourth-order valence-electron chi connectivity index (χ4n) is 2.42.